The molecule has 0 fully saturated rings. The monoisotopic (exact) mass is 384 g/mol. The summed E-state index contributed by atoms with van der Waals surface area (Å²) in [6.45, 7) is 7.52. The molecule has 150 valence electrons. The summed E-state index contributed by atoms with van der Waals surface area (Å²) in [5.74, 6) is 0.579. The van der Waals surface area contributed by atoms with Gasteiger partial charge in [-0.3, -0.25) is 0 Å². The van der Waals surface area contributed by atoms with Crippen LogP contribution in [0.2, 0.25) is 0 Å². The van der Waals surface area contributed by atoms with Gasteiger partial charge in [0.2, 0.25) is 0 Å². The fraction of sp³-hybridized carbons (Fsp3) is 0.333. The van der Waals surface area contributed by atoms with Gasteiger partial charge in [-0.2, -0.15) is 0 Å². The molecule has 1 heterocycles. The second-order valence-corrected chi connectivity index (χ2v) is 8.31. The number of aromatic nitrogens is 1. The van der Waals surface area contributed by atoms with Crippen LogP contribution in [0.5, 0.6) is 0 Å². The molecular formula is C27H32N2. The second kappa shape index (κ2) is 8.42. The summed E-state index contributed by atoms with van der Waals surface area (Å²) in [6.07, 6.45) is 4.40. The molecule has 3 N–H and O–H groups in total. The van der Waals surface area contributed by atoms with Crippen molar-refractivity contribution >= 4 is 21.7 Å². The zero-order chi connectivity index (χ0) is 20.4. The predicted molar refractivity (Wildman–Crippen MR) is 127 cm³/mol. The zero-order valence-electron chi connectivity index (χ0n) is 17.9. The van der Waals surface area contributed by atoms with E-state index in [1.165, 1.54) is 49.6 Å². The summed E-state index contributed by atoms with van der Waals surface area (Å²) in [6, 6.07) is 20.2. The van der Waals surface area contributed by atoms with E-state index >= 15 is 0 Å². The van der Waals surface area contributed by atoms with Gasteiger partial charge in [-0.15, -0.1) is 0 Å². The van der Waals surface area contributed by atoms with Crippen molar-refractivity contribution in [2.75, 3.05) is 6.54 Å². The van der Waals surface area contributed by atoms with E-state index in [2.05, 4.69) is 80.4 Å². The largest absolute Gasteiger partial charge is 0.354 e. The summed E-state index contributed by atoms with van der Waals surface area (Å²) in [4.78, 5) is 3.77. The fourth-order valence-electron chi connectivity index (χ4n) is 4.41. The van der Waals surface area contributed by atoms with Crippen LogP contribution in [-0.2, 0) is 6.42 Å². The van der Waals surface area contributed by atoms with Crippen LogP contribution in [0.15, 0.2) is 54.6 Å². The molecule has 29 heavy (non-hydrogen) atoms. The lowest BCUT2D eigenvalue weighted by molar-refractivity contribution is 0.734. The second-order valence-electron chi connectivity index (χ2n) is 8.31. The third-order valence-corrected chi connectivity index (χ3v) is 6.40. The Bertz CT molecular complexity index is 1140. The minimum atomic E-state index is 0.579. The number of rotatable bonds is 7. The highest BCUT2D eigenvalue weighted by molar-refractivity contribution is 6.02. The van der Waals surface area contributed by atoms with Gasteiger partial charge in [-0.25, -0.2) is 0 Å². The van der Waals surface area contributed by atoms with Crippen molar-refractivity contribution in [2.24, 2.45) is 5.73 Å². The smallest absolute Gasteiger partial charge is 0.0503 e. The third-order valence-electron chi connectivity index (χ3n) is 6.40. The van der Waals surface area contributed by atoms with Gasteiger partial charge in [-0.05, 0) is 84.7 Å². The number of hydrogen-bond acceptors (Lipinski definition) is 1. The molecule has 0 amide bonds. The molecule has 0 saturated carbocycles. The number of nitrogens with one attached hydrogen (secondary N) is 1. The Labute approximate surface area is 174 Å². The first kappa shape index (κ1) is 19.7. The van der Waals surface area contributed by atoms with Crippen LogP contribution in [-0.4, -0.2) is 11.5 Å². The standard InChI is InChI=1S/C27H32N2/c1-4-18(2)20-13-15-26-25(17-20)23(11-7-8-16-28)27(29-26)24-14-12-19(3)21-9-5-6-10-22(21)24/h5-6,9-10,12-15,17-18,29H,4,7-8,11,16,28H2,1-3H3. The van der Waals surface area contributed by atoms with Crippen molar-refractivity contribution in [2.45, 2.75) is 52.4 Å². The first-order chi connectivity index (χ1) is 14.1. The van der Waals surface area contributed by atoms with E-state index in [0.29, 0.717) is 5.92 Å². The molecule has 0 radical (unpaired) electrons. The molecule has 1 atom stereocenters. The van der Waals surface area contributed by atoms with Gasteiger partial charge in [0.05, 0.1) is 5.69 Å². The Kier molecular flexibility index (Phi) is 5.73. The Morgan fingerprint density at radius 3 is 2.48 bits per heavy atom. The molecule has 1 aromatic heterocycles. The lowest BCUT2D eigenvalue weighted by Gasteiger charge is -2.11. The lowest BCUT2D eigenvalue weighted by atomic mass is 9.93. The molecule has 2 heteroatoms. The molecule has 0 saturated heterocycles. The van der Waals surface area contributed by atoms with Crippen LogP contribution in [0.4, 0.5) is 0 Å². The first-order valence-electron chi connectivity index (χ1n) is 11.0. The van der Waals surface area contributed by atoms with E-state index in [1.54, 1.807) is 0 Å². The maximum Gasteiger partial charge on any atom is 0.0503 e. The minimum absolute atomic E-state index is 0.579. The average molecular weight is 385 g/mol. The third kappa shape index (κ3) is 3.70. The van der Waals surface area contributed by atoms with Crippen molar-refractivity contribution in [3.05, 3.63) is 71.3 Å². The average Bonchev–Trinajstić information content (AvgIpc) is 3.11. The maximum atomic E-state index is 5.79. The van der Waals surface area contributed by atoms with Gasteiger partial charge in [-0.1, -0.05) is 56.3 Å². The van der Waals surface area contributed by atoms with Gasteiger partial charge in [0.15, 0.2) is 0 Å². The summed E-state index contributed by atoms with van der Waals surface area (Å²) in [7, 11) is 0. The number of nitrogens with two attached hydrogens (primary N) is 1. The number of aromatic amines is 1. The Morgan fingerprint density at radius 1 is 0.931 bits per heavy atom. The molecule has 3 aromatic carbocycles. The Hall–Kier alpha value is -2.58. The van der Waals surface area contributed by atoms with E-state index in [1.807, 2.05) is 0 Å². The van der Waals surface area contributed by atoms with Crippen molar-refractivity contribution in [1.29, 1.82) is 0 Å². The summed E-state index contributed by atoms with van der Waals surface area (Å²) in [5, 5.41) is 4.03. The maximum absolute atomic E-state index is 5.79. The van der Waals surface area contributed by atoms with Gasteiger partial charge in [0, 0.05) is 16.5 Å². The highest BCUT2D eigenvalue weighted by atomic mass is 14.7. The quantitative estimate of drug-likeness (QED) is 0.328. The molecule has 0 aliphatic carbocycles. The fourth-order valence-corrected chi connectivity index (χ4v) is 4.41. The van der Waals surface area contributed by atoms with E-state index < -0.39 is 0 Å². The summed E-state index contributed by atoms with van der Waals surface area (Å²) >= 11 is 0. The Balaban J connectivity index is 1.94. The van der Waals surface area contributed by atoms with Crippen LogP contribution < -0.4 is 5.73 Å². The van der Waals surface area contributed by atoms with Crippen LogP contribution in [0.3, 0.4) is 0 Å². The number of H-pyrrole nitrogens is 1. The molecule has 4 rings (SSSR count). The minimum Gasteiger partial charge on any atom is -0.354 e. The topological polar surface area (TPSA) is 41.8 Å². The molecular weight excluding hydrogens is 352 g/mol. The van der Waals surface area contributed by atoms with Crippen LogP contribution >= 0.6 is 0 Å². The zero-order valence-corrected chi connectivity index (χ0v) is 17.9. The van der Waals surface area contributed by atoms with Gasteiger partial charge >= 0.3 is 0 Å². The van der Waals surface area contributed by atoms with E-state index in [-0.39, 0.29) is 0 Å². The van der Waals surface area contributed by atoms with E-state index in [4.69, 9.17) is 5.73 Å². The lowest BCUT2D eigenvalue weighted by Crippen LogP contribution is -1.99. The number of fused-ring (bicyclic) bond motifs is 2. The summed E-state index contributed by atoms with van der Waals surface area (Å²) in [5.41, 5.74) is 13.8. The van der Waals surface area contributed by atoms with E-state index in [9.17, 15) is 0 Å². The Morgan fingerprint density at radius 2 is 1.72 bits per heavy atom. The molecule has 0 bridgehead atoms. The van der Waals surface area contributed by atoms with Crippen molar-refractivity contribution in [3.63, 3.8) is 0 Å². The number of aryl methyl sites for hydroxylation is 2. The van der Waals surface area contributed by atoms with E-state index in [0.717, 1.165) is 32.2 Å². The molecule has 1 unspecified atom stereocenters. The van der Waals surface area contributed by atoms with Crippen molar-refractivity contribution in [1.82, 2.24) is 4.98 Å². The predicted octanol–water partition coefficient (Wildman–Crippen LogP) is 7.09. The number of hydrogen-bond donors (Lipinski definition) is 2. The number of unbranched alkanes of at least 4 members (excludes halogenated alkanes) is 1. The van der Waals surface area contributed by atoms with Gasteiger partial charge in [0.1, 0.15) is 0 Å². The molecule has 4 aromatic rings. The van der Waals surface area contributed by atoms with Crippen LogP contribution in [0.25, 0.3) is 32.9 Å². The highest BCUT2D eigenvalue weighted by Crippen LogP contribution is 2.37. The number of benzene rings is 3. The van der Waals surface area contributed by atoms with Gasteiger partial charge in [0.25, 0.3) is 0 Å². The molecule has 0 aliphatic rings. The summed E-state index contributed by atoms with van der Waals surface area (Å²) < 4.78 is 0. The van der Waals surface area contributed by atoms with Crippen LogP contribution in [0.1, 0.15) is 55.7 Å². The van der Waals surface area contributed by atoms with Gasteiger partial charge < -0.3 is 10.7 Å². The molecule has 2 nitrogen and oxygen atoms in total. The van der Waals surface area contributed by atoms with Crippen molar-refractivity contribution in [3.8, 4) is 11.3 Å². The van der Waals surface area contributed by atoms with Crippen molar-refractivity contribution < 1.29 is 0 Å². The van der Waals surface area contributed by atoms with Crippen LogP contribution in [0, 0.1) is 6.92 Å². The first-order valence-corrected chi connectivity index (χ1v) is 11.0. The normalized spacial score (nSPS) is 12.7. The SMILES string of the molecule is CCC(C)c1ccc2[nH]c(-c3ccc(C)c4ccccc34)c(CCCCN)c2c1. The molecule has 0 aliphatic heterocycles. The highest BCUT2D eigenvalue weighted by Gasteiger charge is 2.17. The molecule has 0 spiro atoms.